The summed E-state index contributed by atoms with van der Waals surface area (Å²) in [6.07, 6.45) is 0.750. The predicted octanol–water partition coefficient (Wildman–Crippen LogP) is 1.87. The average Bonchev–Trinajstić information content (AvgIpc) is 2.63. The van der Waals surface area contributed by atoms with Crippen LogP contribution in [0.2, 0.25) is 0 Å². The van der Waals surface area contributed by atoms with E-state index in [1.165, 1.54) is 11.1 Å². The molecule has 1 saturated heterocycles. The van der Waals surface area contributed by atoms with Crippen molar-refractivity contribution in [3.05, 3.63) is 71.8 Å². The third kappa shape index (κ3) is 4.22. The zero-order chi connectivity index (χ0) is 16.8. The summed E-state index contributed by atoms with van der Waals surface area (Å²) in [6.45, 7) is 2.10. The van der Waals surface area contributed by atoms with Gasteiger partial charge in [-0.15, -0.1) is 0 Å². The summed E-state index contributed by atoms with van der Waals surface area (Å²) in [7, 11) is 0. The second-order valence-corrected chi connectivity index (χ2v) is 6.47. The van der Waals surface area contributed by atoms with E-state index in [1.54, 1.807) is 0 Å². The fourth-order valence-electron chi connectivity index (χ4n) is 3.32. The highest BCUT2D eigenvalue weighted by atomic mass is 16.1. The van der Waals surface area contributed by atoms with Gasteiger partial charge in [0.05, 0.1) is 5.92 Å². The lowest BCUT2D eigenvalue weighted by Gasteiger charge is -2.27. The van der Waals surface area contributed by atoms with Crippen molar-refractivity contribution in [3.63, 3.8) is 0 Å². The molecule has 1 heterocycles. The molecule has 0 spiro atoms. The van der Waals surface area contributed by atoms with Crippen LogP contribution in [0.4, 0.5) is 0 Å². The van der Waals surface area contributed by atoms with Gasteiger partial charge in [0.2, 0.25) is 5.91 Å². The maximum Gasteiger partial charge on any atom is 0.224 e. The minimum absolute atomic E-state index is 0.0408. The zero-order valence-electron chi connectivity index (χ0n) is 13.8. The molecule has 1 aliphatic rings. The van der Waals surface area contributed by atoms with E-state index < -0.39 is 0 Å². The van der Waals surface area contributed by atoms with Gasteiger partial charge < -0.3 is 16.4 Å². The first kappa shape index (κ1) is 16.7. The maximum absolute atomic E-state index is 12.5. The Morgan fingerprint density at radius 2 is 1.62 bits per heavy atom. The van der Waals surface area contributed by atoms with Gasteiger partial charge in [0.1, 0.15) is 0 Å². The number of hydrogen-bond donors (Lipinski definition) is 3. The quantitative estimate of drug-likeness (QED) is 0.787. The Kier molecular flexibility index (Phi) is 5.62. The molecule has 4 N–H and O–H groups in total. The lowest BCUT2D eigenvalue weighted by atomic mass is 9.90. The van der Waals surface area contributed by atoms with Crippen LogP contribution < -0.4 is 16.4 Å². The van der Waals surface area contributed by atoms with Gasteiger partial charge >= 0.3 is 0 Å². The average molecular weight is 323 g/mol. The highest BCUT2D eigenvalue weighted by Gasteiger charge is 2.25. The number of carbonyl (C=O) groups is 1. The van der Waals surface area contributed by atoms with Gasteiger partial charge in [-0.2, -0.15) is 0 Å². The van der Waals surface area contributed by atoms with Crippen molar-refractivity contribution in [2.45, 2.75) is 18.4 Å². The second kappa shape index (κ2) is 8.08. The van der Waals surface area contributed by atoms with Crippen LogP contribution in [0, 0.1) is 5.92 Å². The molecule has 126 valence electrons. The molecule has 1 fully saturated rings. The highest BCUT2D eigenvalue weighted by Crippen LogP contribution is 2.24. The Labute approximate surface area is 143 Å². The topological polar surface area (TPSA) is 67.1 Å². The first-order chi connectivity index (χ1) is 11.7. The van der Waals surface area contributed by atoms with Crippen molar-refractivity contribution >= 4 is 5.91 Å². The van der Waals surface area contributed by atoms with Gasteiger partial charge in [-0.1, -0.05) is 60.7 Å². The third-order valence-electron chi connectivity index (χ3n) is 4.64. The number of rotatable bonds is 5. The molecule has 0 unspecified atom stereocenters. The largest absolute Gasteiger partial charge is 0.355 e. The van der Waals surface area contributed by atoms with E-state index in [1.807, 2.05) is 36.4 Å². The Hall–Kier alpha value is -2.17. The van der Waals surface area contributed by atoms with E-state index in [-0.39, 0.29) is 23.8 Å². The second-order valence-electron chi connectivity index (χ2n) is 6.47. The number of amides is 1. The fourth-order valence-corrected chi connectivity index (χ4v) is 3.32. The molecular formula is C20H25N3O. The molecule has 24 heavy (non-hydrogen) atoms. The molecule has 2 aromatic rings. The van der Waals surface area contributed by atoms with Crippen molar-refractivity contribution in [2.24, 2.45) is 11.7 Å². The lowest BCUT2D eigenvalue weighted by Crippen LogP contribution is -2.49. The van der Waals surface area contributed by atoms with E-state index in [4.69, 9.17) is 5.73 Å². The molecule has 4 heteroatoms. The van der Waals surface area contributed by atoms with Crippen LogP contribution in [0.5, 0.6) is 0 Å². The van der Waals surface area contributed by atoms with Crippen LogP contribution in [-0.4, -0.2) is 31.6 Å². The lowest BCUT2D eigenvalue weighted by molar-refractivity contribution is -0.125. The van der Waals surface area contributed by atoms with Crippen LogP contribution >= 0.6 is 0 Å². The van der Waals surface area contributed by atoms with Crippen LogP contribution in [0.25, 0.3) is 0 Å². The molecule has 1 amide bonds. The van der Waals surface area contributed by atoms with E-state index >= 15 is 0 Å². The first-order valence-electron chi connectivity index (χ1n) is 8.58. The van der Waals surface area contributed by atoms with Gasteiger partial charge in [-0.05, 0) is 17.5 Å². The van der Waals surface area contributed by atoms with Crippen LogP contribution in [0.1, 0.15) is 23.5 Å². The van der Waals surface area contributed by atoms with Crippen LogP contribution in [0.15, 0.2) is 60.7 Å². The molecule has 1 aliphatic heterocycles. The SMILES string of the molecule is N[C@@H]1CNC[C@H](C(=O)NCC(c2ccccc2)c2ccccc2)C1. The fraction of sp³-hybridized carbons (Fsp3) is 0.350. The van der Waals surface area contributed by atoms with Crippen LogP contribution in [-0.2, 0) is 4.79 Å². The number of benzene rings is 2. The molecule has 0 bridgehead atoms. The smallest absolute Gasteiger partial charge is 0.224 e. The van der Waals surface area contributed by atoms with Gasteiger partial charge in [0.25, 0.3) is 0 Å². The number of nitrogens with one attached hydrogen (secondary N) is 2. The summed E-state index contributed by atoms with van der Waals surface area (Å²) in [5.74, 6) is 0.206. The molecule has 2 aromatic carbocycles. The van der Waals surface area contributed by atoms with E-state index in [0.717, 1.165) is 13.0 Å². The molecule has 4 nitrogen and oxygen atoms in total. The van der Waals surface area contributed by atoms with Gasteiger partial charge in [-0.25, -0.2) is 0 Å². The van der Waals surface area contributed by atoms with Gasteiger partial charge in [0, 0.05) is 31.6 Å². The van der Waals surface area contributed by atoms with Crippen molar-refractivity contribution in [1.29, 1.82) is 0 Å². The summed E-state index contributed by atoms with van der Waals surface area (Å²) in [6, 6.07) is 20.7. The summed E-state index contributed by atoms with van der Waals surface area (Å²) in [4.78, 5) is 12.5. The molecular weight excluding hydrogens is 298 g/mol. The summed E-state index contributed by atoms with van der Waals surface area (Å²) < 4.78 is 0. The maximum atomic E-state index is 12.5. The van der Waals surface area contributed by atoms with E-state index in [9.17, 15) is 4.79 Å². The van der Waals surface area contributed by atoms with Crippen molar-refractivity contribution in [2.75, 3.05) is 19.6 Å². The normalized spacial score (nSPS) is 20.8. The molecule has 0 saturated carbocycles. The first-order valence-corrected chi connectivity index (χ1v) is 8.58. The summed E-state index contributed by atoms with van der Waals surface area (Å²) in [5, 5.41) is 6.37. The summed E-state index contributed by atoms with van der Waals surface area (Å²) in [5.41, 5.74) is 8.38. The number of nitrogens with two attached hydrogens (primary N) is 1. The number of carbonyl (C=O) groups excluding carboxylic acids is 1. The van der Waals surface area contributed by atoms with Gasteiger partial charge in [0.15, 0.2) is 0 Å². The van der Waals surface area contributed by atoms with Crippen molar-refractivity contribution < 1.29 is 4.79 Å². The summed E-state index contributed by atoms with van der Waals surface area (Å²) >= 11 is 0. The van der Waals surface area contributed by atoms with Gasteiger partial charge in [-0.3, -0.25) is 4.79 Å². The highest BCUT2D eigenvalue weighted by molar-refractivity contribution is 5.79. The predicted molar refractivity (Wildman–Crippen MR) is 96.7 cm³/mol. The van der Waals surface area contributed by atoms with Crippen molar-refractivity contribution in [1.82, 2.24) is 10.6 Å². The Morgan fingerprint density at radius 1 is 1.04 bits per heavy atom. The minimum Gasteiger partial charge on any atom is -0.355 e. The minimum atomic E-state index is -0.0408. The molecule has 3 rings (SSSR count). The standard InChI is InChI=1S/C20H25N3O/c21-18-11-17(12-22-13-18)20(24)23-14-19(15-7-3-1-4-8-15)16-9-5-2-6-10-16/h1-10,17-19,22H,11-14,21H2,(H,23,24)/t17-,18+/m1/s1. The third-order valence-corrected chi connectivity index (χ3v) is 4.64. The molecule has 2 atom stereocenters. The Bertz CT molecular complexity index is 605. The number of piperidine rings is 1. The van der Waals surface area contributed by atoms with E-state index in [2.05, 4.69) is 34.9 Å². The molecule has 0 aromatic heterocycles. The van der Waals surface area contributed by atoms with Crippen molar-refractivity contribution in [3.8, 4) is 0 Å². The molecule has 0 radical (unpaired) electrons. The zero-order valence-corrected chi connectivity index (χ0v) is 13.8. The number of hydrogen-bond acceptors (Lipinski definition) is 3. The Balaban J connectivity index is 1.69. The van der Waals surface area contributed by atoms with Crippen LogP contribution in [0.3, 0.4) is 0 Å². The Morgan fingerprint density at radius 3 is 2.17 bits per heavy atom. The monoisotopic (exact) mass is 323 g/mol. The van der Waals surface area contributed by atoms with E-state index in [0.29, 0.717) is 13.1 Å². The molecule has 0 aliphatic carbocycles.